The van der Waals surface area contributed by atoms with Gasteiger partial charge in [0, 0.05) is 36.4 Å². The van der Waals surface area contributed by atoms with E-state index in [1.54, 1.807) is 4.68 Å². The van der Waals surface area contributed by atoms with Crippen LogP contribution in [0.3, 0.4) is 0 Å². The quantitative estimate of drug-likeness (QED) is 0.577. The van der Waals surface area contributed by atoms with E-state index in [0.29, 0.717) is 0 Å². The number of benzene rings is 1. The van der Waals surface area contributed by atoms with Gasteiger partial charge in [-0.3, -0.25) is 9.48 Å². The number of carbonyl (C=O) groups is 1. The van der Waals surface area contributed by atoms with E-state index in [9.17, 15) is 17.6 Å². The number of aromatic nitrogens is 2. The zero-order valence-corrected chi connectivity index (χ0v) is 19.9. The normalized spacial score (nSPS) is 20.9. The van der Waals surface area contributed by atoms with E-state index in [1.807, 2.05) is 31.6 Å². The lowest BCUT2D eigenvalue weighted by molar-refractivity contribution is -0.120. The number of carbonyl (C=O) groups excluding carboxylic acids is 1. The summed E-state index contributed by atoms with van der Waals surface area (Å²) in [5.41, 5.74) is 3.06. The maximum absolute atomic E-state index is 13.4. The number of nitrogens with one attached hydrogen (secondary N) is 2. The first kappa shape index (κ1) is 22.9. The molecular weight excluding hydrogens is 477 g/mol. The second-order valence-electron chi connectivity index (χ2n) is 7.60. The molecule has 1 aliphatic heterocycles. The van der Waals surface area contributed by atoms with Crippen molar-refractivity contribution in [1.29, 1.82) is 0 Å². The van der Waals surface area contributed by atoms with Gasteiger partial charge in [-0.2, -0.15) is 22.5 Å². The third-order valence-corrected chi connectivity index (χ3v) is 8.28. The number of halogens is 2. The van der Waals surface area contributed by atoms with Crippen LogP contribution in [0.15, 0.2) is 35.8 Å². The van der Waals surface area contributed by atoms with Crippen LogP contribution >= 0.6 is 22.9 Å². The summed E-state index contributed by atoms with van der Waals surface area (Å²) in [6.07, 6.45) is 2.13. The molecule has 0 spiro atoms. The molecule has 0 unspecified atom stereocenters. The monoisotopic (exact) mass is 497 g/mol. The smallest absolute Gasteiger partial charge is 0.280 e. The maximum Gasteiger partial charge on any atom is 0.280 e. The molecule has 2 N–H and O–H groups in total. The molecular formula is C20H21ClFN5O3S2. The molecule has 3 heterocycles. The number of hydrogen-bond donors (Lipinski definition) is 2. The van der Waals surface area contributed by atoms with Crippen LogP contribution in [-0.4, -0.2) is 41.5 Å². The zero-order chi connectivity index (χ0) is 23.2. The fourth-order valence-corrected chi connectivity index (χ4v) is 6.15. The predicted molar refractivity (Wildman–Crippen MR) is 122 cm³/mol. The zero-order valence-electron chi connectivity index (χ0n) is 17.5. The Balaban J connectivity index is 1.58. The van der Waals surface area contributed by atoms with Gasteiger partial charge in [-0.05, 0) is 48.6 Å². The van der Waals surface area contributed by atoms with Crippen LogP contribution in [0.1, 0.15) is 23.0 Å². The van der Waals surface area contributed by atoms with E-state index in [0.717, 1.165) is 32.1 Å². The third-order valence-electron chi connectivity index (χ3n) is 5.35. The van der Waals surface area contributed by atoms with Crippen LogP contribution in [0.4, 0.5) is 10.1 Å². The third kappa shape index (κ3) is 4.44. The van der Waals surface area contributed by atoms with E-state index in [-0.39, 0.29) is 17.1 Å². The van der Waals surface area contributed by atoms with Crippen molar-refractivity contribution in [3.8, 4) is 11.1 Å². The van der Waals surface area contributed by atoms with Crippen molar-refractivity contribution in [3.63, 3.8) is 0 Å². The maximum atomic E-state index is 13.4. The molecule has 2 atom stereocenters. The minimum atomic E-state index is -3.89. The molecule has 1 fully saturated rings. The first-order valence-electron chi connectivity index (χ1n) is 9.65. The minimum absolute atomic E-state index is 0.135. The summed E-state index contributed by atoms with van der Waals surface area (Å²) >= 11 is 7.20. The Labute approximate surface area is 194 Å². The minimum Gasteiger partial charge on any atom is -0.325 e. The predicted octanol–water partition coefficient (Wildman–Crippen LogP) is 3.47. The molecule has 4 rings (SSSR count). The molecule has 32 heavy (non-hydrogen) atoms. The van der Waals surface area contributed by atoms with E-state index in [4.69, 9.17) is 11.6 Å². The average Bonchev–Trinajstić information content (AvgIpc) is 3.32. The number of likely N-dealkylation sites (N-methyl/N-ethyl adjacent to an activating group) is 1. The molecule has 2 aromatic heterocycles. The molecule has 0 saturated carbocycles. The summed E-state index contributed by atoms with van der Waals surface area (Å²) in [4.78, 5) is 13.7. The van der Waals surface area contributed by atoms with Crippen molar-refractivity contribution in [3.05, 3.63) is 57.3 Å². The molecule has 1 aromatic carbocycles. The summed E-state index contributed by atoms with van der Waals surface area (Å²) in [7, 11) is -0.707. The van der Waals surface area contributed by atoms with Gasteiger partial charge in [-0.25, -0.2) is 4.39 Å². The standard InChI is InChI=1S/C20H21ClFN5O3S2/c1-11-14(9-26(2)24-11)12-6-19(31-10-12)17-8-18(27(3)32(29,30)25-17)20(28)23-13-4-5-16(22)15(21)7-13/h4-7,9-10,17-18,25H,8H2,1-3H3,(H,23,28)/t17-,18+/m0/s1. The number of aryl methyl sites for hydroxylation is 2. The highest BCUT2D eigenvalue weighted by Gasteiger charge is 2.41. The highest BCUT2D eigenvalue weighted by Crippen LogP contribution is 2.35. The van der Waals surface area contributed by atoms with Crippen LogP contribution < -0.4 is 10.0 Å². The van der Waals surface area contributed by atoms with E-state index in [1.165, 1.54) is 30.5 Å². The topological polar surface area (TPSA) is 96.3 Å². The van der Waals surface area contributed by atoms with Gasteiger partial charge < -0.3 is 5.32 Å². The first-order valence-corrected chi connectivity index (χ1v) is 12.3. The summed E-state index contributed by atoms with van der Waals surface area (Å²) < 4.78 is 44.2. The molecule has 8 nitrogen and oxygen atoms in total. The Kier molecular flexibility index (Phi) is 6.12. The van der Waals surface area contributed by atoms with Gasteiger partial charge in [0.25, 0.3) is 10.2 Å². The fraction of sp³-hybridized carbons (Fsp3) is 0.300. The lowest BCUT2D eigenvalue weighted by atomic mass is 10.0. The summed E-state index contributed by atoms with van der Waals surface area (Å²) in [6, 6.07) is 4.18. The van der Waals surface area contributed by atoms with Gasteiger partial charge >= 0.3 is 0 Å². The molecule has 0 radical (unpaired) electrons. The van der Waals surface area contributed by atoms with Crippen molar-refractivity contribution in [2.24, 2.45) is 7.05 Å². The van der Waals surface area contributed by atoms with Crippen LogP contribution in [-0.2, 0) is 22.1 Å². The molecule has 1 amide bonds. The SMILES string of the molecule is Cc1nn(C)cc1-c1csc([C@@H]2C[C@H](C(=O)Nc3ccc(F)c(Cl)c3)N(C)S(=O)(=O)N2)c1. The molecule has 170 valence electrons. The van der Waals surface area contributed by atoms with Gasteiger partial charge in [0.2, 0.25) is 5.91 Å². The van der Waals surface area contributed by atoms with Gasteiger partial charge in [-0.15, -0.1) is 11.3 Å². The van der Waals surface area contributed by atoms with Crippen molar-refractivity contribution >= 4 is 44.7 Å². The number of hydrogen-bond acceptors (Lipinski definition) is 5. The Morgan fingerprint density at radius 1 is 1.34 bits per heavy atom. The number of anilines is 1. The highest BCUT2D eigenvalue weighted by atomic mass is 35.5. The highest BCUT2D eigenvalue weighted by molar-refractivity contribution is 7.87. The number of rotatable bonds is 4. The molecule has 0 bridgehead atoms. The van der Waals surface area contributed by atoms with E-state index < -0.39 is 34.0 Å². The Morgan fingerprint density at radius 3 is 2.75 bits per heavy atom. The van der Waals surface area contributed by atoms with Gasteiger partial charge in [0.05, 0.1) is 16.8 Å². The summed E-state index contributed by atoms with van der Waals surface area (Å²) in [5.74, 6) is -1.13. The van der Waals surface area contributed by atoms with Crippen LogP contribution in [0.2, 0.25) is 5.02 Å². The van der Waals surface area contributed by atoms with Gasteiger partial charge in [0.15, 0.2) is 0 Å². The Hall–Kier alpha value is -2.31. The van der Waals surface area contributed by atoms with Crippen molar-refractivity contribution < 1.29 is 17.6 Å². The lowest BCUT2D eigenvalue weighted by Gasteiger charge is -2.35. The molecule has 1 aliphatic rings. The van der Waals surface area contributed by atoms with Crippen molar-refractivity contribution in [1.82, 2.24) is 18.8 Å². The van der Waals surface area contributed by atoms with Crippen LogP contribution in [0.25, 0.3) is 11.1 Å². The first-order chi connectivity index (χ1) is 15.0. The molecule has 0 aliphatic carbocycles. The lowest BCUT2D eigenvalue weighted by Crippen LogP contribution is -2.55. The van der Waals surface area contributed by atoms with E-state index >= 15 is 0 Å². The fourth-order valence-electron chi connectivity index (χ4n) is 3.66. The summed E-state index contributed by atoms with van der Waals surface area (Å²) in [6.45, 7) is 1.91. The molecule has 12 heteroatoms. The number of thiophene rings is 1. The van der Waals surface area contributed by atoms with E-state index in [2.05, 4.69) is 15.1 Å². The Bertz CT molecular complexity index is 1290. The second kappa shape index (κ2) is 8.56. The largest absolute Gasteiger partial charge is 0.325 e. The second-order valence-corrected chi connectivity index (χ2v) is 10.7. The van der Waals surface area contributed by atoms with Crippen LogP contribution in [0, 0.1) is 12.7 Å². The Morgan fingerprint density at radius 2 is 2.09 bits per heavy atom. The van der Waals surface area contributed by atoms with Crippen LogP contribution in [0.5, 0.6) is 0 Å². The van der Waals surface area contributed by atoms with Gasteiger partial charge in [-0.1, -0.05) is 11.6 Å². The number of amides is 1. The molecule has 3 aromatic rings. The van der Waals surface area contributed by atoms with Crippen molar-refractivity contribution in [2.75, 3.05) is 12.4 Å². The van der Waals surface area contributed by atoms with Crippen molar-refractivity contribution in [2.45, 2.75) is 25.4 Å². The summed E-state index contributed by atoms with van der Waals surface area (Å²) in [5, 5.41) is 8.79. The van der Waals surface area contributed by atoms with Gasteiger partial charge in [0.1, 0.15) is 11.9 Å². The molecule has 1 saturated heterocycles. The average molecular weight is 498 g/mol. The number of nitrogens with zero attached hydrogens (tertiary/aromatic N) is 3.